The predicted molar refractivity (Wildman–Crippen MR) is 124 cm³/mol. The van der Waals surface area contributed by atoms with Crippen LogP contribution in [-0.2, 0) is 13.0 Å². The van der Waals surface area contributed by atoms with E-state index in [1.807, 2.05) is 12.1 Å². The molecule has 1 heterocycles. The molecule has 0 aliphatic heterocycles. The first-order chi connectivity index (χ1) is 14.6. The first-order valence-corrected chi connectivity index (χ1v) is 11.7. The topological polar surface area (TPSA) is 67.8 Å². The van der Waals surface area contributed by atoms with Gasteiger partial charge >= 0.3 is 0 Å². The van der Waals surface area contributed by atoms with Crippen molar-refractivity contribution >= 4 is 17.3 Å². The fourth-order valence-electron chi connectivity index (χ4n) is 3.58. The highest BCUT2D eigenvalue weighted by atomic mass is 32.1. The Balaban J connectivity index is 1.54. The van der Waals surface area contributed by atoms with Crippen molar-refractivity contribution in [3.8, 4) is 11.5 Å². The predicted octanol–water partition coefficient (Wildman–Crippen LogP) is 4.50. The summed E-state index contributed by atoms with van der Waals surface area (Å²) >= 11 is 1.74. The molecule has 2 N–H and O–H groups in total. The molecule has 1 aromatic heterocycles. The monoisotopic (exact) mass is 430 g/mol. The summed E-state index contributed by atoms with van der Waals surface area (Å²) in [6, 6.07) is 6.04. The van der Waals surface area contributed by atoms with Crippen LogP contribution < -0.4 is 20.1 Å². The van der Waals surface area contributed by atoms with Crippen molar-refractivity contribution in [3.63, 3.8) is 0 Å². The lowest BCUT2D eigenvalue weighted by Crippen LogP contribution is -2.38. The van der Waals surface area contributed by atoms with Gasteiger partial charge in [-0.05, 0) is 31.7 Å². The number of rotatable bonds is 9. The Morgan fingerprint density at radius 3 is 2.73 bits per heavy atom. The maximum absolute atomic E-state index is 6.32. The molecule has 1 saturated carbocycles. The molecule has 0 bridgehead atoms. The molecule has 0 spiro atoms. The van der Waals surface area contributed by atoms with Crippen LogP contribution in [0.3, 0.4) is 0 Å². The van der Waals surface area contributed by atoms with Gasteiger partial charge in [-0.25, -0.2) is 4.98 Å². The Morgan fingerprint density at radius 2 is 2.07 bits per heavy atom. The van der Waals surface area contributed by atoms with E-state index in [4.69, 9.17) is 14.5 Å². The zero-order valence-electron chi connectivity index (χ0n) is 18.5. The maximum Gasteiger partial charge on any atom is 0.191 e. The number of methoxy groups -OCH3 is 1. The lowest BCUT2D eigenvalue weighted by atomic mass is 10.1. The fourth-order valence-corrected chi connectivity index (χ4v) is 4.45. The van der Waals surface area contributed by atoms with Gasteiger partial charge in [-0.15, -0.1) is 11.3 Å². The lowest BCUT2D eigenvalue weighted by molar-refractivity contribution is 0.198. The van der Waals surface area contributed by atoms with Crippen LogP contribution in [-0.4, -0.2) is 37.7 Å². The van der Waals surface area contributed by atoms with Crippen molar-refractivity contribution in [2.75, 3.05) is 20.7 Å². The minimum Gasteiger partial charge on any atom is -0.493 e. The molecule has 3 rings (SSSR count). The number of hydrogen-bond acceptors (Lipinski definition) is 5. The largest absolute Gasteiger partial charge is 0.493 e. The van der Waals surface area contributed by atoms with E-state index < -0.39 is 0 Å². The average Bonchev–Trinajstić information content (AvgIpc) is 3.43. The van der Waals surface area contributed by atoms with E-state index in [1.165, 1.54) is 17.8 Å². The Kier molecular flexibility index (Phi) is 8.37. The minimum atomic E-state index is 0.284. The van der Waals surface area contributed by atoms with E-state index in [2.05, 4.69) is 40.9 Å². The van der Waals surface area contributed by atoms with Crippen LogP contribution in [0.15, 0.2) is 28.6 Å². The van der Waals surface area contributed by atoms with E-state index in [1.54, 1.807) is 25.5 Å². The maximum atomic E-state index is 6.32. The summed E-state index contributed by atoms with van der Waals surface area (Å²) < 4.78 is 11.9. The van der Waals surface area contributed by atoms with Crippen LogP contribution in [0.4, 0.5) is 0 Å². The Labute approximate surface area is 184 Å². The first-order valence-electron chi connectivity index (χ1n) is 10.8. The Bertz CT molecular complexity index is 828. The number of aliphatic imine (C=N–C) groups is 1. The molecular weight excluding hydrogens is 396 g/mol. The molecule has 1 aromatic carbocycles. The normalized spacial score (nSPS) is 14.9. The van der Waals surface area contributed by atoms with Gasteiger partial charge in [-0.3, -0.25) is 4.99 Å². The highest BCUT2D eigenvalue weighted by molar-refractivity contribution is 7.09. The lowest BCUT2D eigenvalue weighted by Gasteiger charge is -2.20. The van der Waals surface area contributed by atoms with Crippen LogP contribution in [0.2, 0.25) is 0 Å². The number of hydrogen-bond donors (Lipinski definition) is 2. The third kappa shape index (κ3) is 6.11. The molecule has 0 unspecified atom stereocenters. The number of nitrogens with zero attached hydrogens (tertiary/aromatic N) is 2. The third-order valence-electron chi connectivity index (χ3n) is 5.27. The molecule has 164 valence electrons. The van der Waals surface area contributed by atoms with Gasteiger partial charge in [-0.2, -0.15) is 0 Å². The number of nitrogens with one attached hydrogen (secondary N) is 2. The van der Waals surface area contributed by atoms with Crippen molar-refractivity contribution in [2.24, 2.45) is 4.99 Å². The van der Waals surface area contributed by atoms with Gasteiger partial charge in [0, 0.05) is 43.4 Å². The molecule has 0 amide bonds. The number of aromatic nitrogens is 1. The number of ether oxygens (including phenoxy) is 2. The summed E-state index contributed by atoms with van der Waals surface area (Å²) in [5.74, 6) is 2.88. The van der Waals surface area contributed by atoms with Gasteiger partial charge in [0.05, 0.1) is 23.9 Å². The van der Waals surface area contributed by atoms with Gasteiger partial charge in [0.2, 0.25) is 0 Å². The quantitative estimate of drug-likeness (QED) is 0.453. The van der Waals surface area contributed by atoms with E-state index >= 15 is 0 Å². The SMILES string of the molecule is CN=C(NCCc1csc(C(C)C)n1)NCc1cccc(OC)c1OC1CCCC1. The van der Waals surface area contributed by atoms with Gasteiger partial charge in [0.25, 0.3) is 0 Å². The van der Waals surface area contributed by atoms with Gasteiger partial charge in [-0.1, -0.05) is 26.0 Å². The fraction of sp³-hybridized carbons (Fsp3) is 0.565. The second-order valence-electron chi connectivity index (χ2n) is 7.91. The van der Waals surface area contributed by atoms with Crippen LogP contribution in [0.5, 0.6) is 11.5 Å². The smallest absolute Gasteiger partial charge is 0.191 e. The molecule has 6 nitrogen and oxygen atoms in total. The molecule has 7 heteroatoms. The minimum absolute atomic E-state index is 0.284. The van der Waals surface area contributed by atoms with Crippen LogP contribution in [0.1, 0.15) is 61.7 Å². The summed E-state index contributed by atoms with van der Waals surface area (Å²) in [4.78, 5) is 9.04. The van der Waals surface area contributed by atoms with Crippen molar-refractivity contribution in [1.29, 1.82) is 0 Å². The van der Waals surface area contributed by atoms with Crippen LogP contribution in [0, 0.1) is 0 Å². The van der Waals surface area contributed by atoms with E-state index in [9.17, 15) is 0 Å². The first kappa shape index (κ1) is 22.4. The molecule has 1 aliphatic carbocycles. The summed E-state index contributed by atoms with van der Waals surface area (Å²) in [7, 11) is 3.48. The highest BCUT2D eigenvalue weighted by Gasteiger charge is 2.20. The summed E-state index contributed by atoms with van der Waals surface area (Å²) in [5.41, 5.74) is 2.21. The van der Waals surface area contributed by atoms with Crippen molar-refractivity contribution in [3.05, 3.63) is 39.8 Å². The molecule has 0 atom stereocenters. The van der Waals surface area contributed by atoms with Crippen molar-refractivity contribution < 1.29 is 9.47 Å². The number of para-hydroxylation sites is 1. The second-order valence-corrected chi connectivity index (χ2v) is 8.80. The molecule has 2 aromatic rings. The zero-order valence-corrected chi connectivity index (χ0v) is 19.3. The molecule has 0 saturated heterocycles. The van der Waals surface area contributed by atoms with Crippen LogP contribution in [0.25, 0.3) is 0 Å². The summed E-state index contributed by atoms with van der Waals surface area (Å²) in [5, 5.41) is 10.1. The molecule has 30 heavy (non-hydrogen) atoms. The van der Waals surface area contributed by atoms with E-state index in [-0.39, 0.29) is 6.10 Å². The average molecular weight is 431 g/mol. The van der Waals surface area contributed by atoms with Crippen LogP contribution >= 0.6 is 11.3 Å². The highest BCUT2D eigenvalue weighted by Crippen LogP contribution is 2.34. The molecule has 1 aliphatic rings. The van der Waals surface area contributed by atoms with Crippen molar-refractivity contribution in [1.82, 2.24) is 15.6 Å². The van der Waals surface area contributed by atoms with Gasteiger partial charge in [0.1, 0.15) is 0 Å². The van der Waals surface area contributed by atoms with Crippen molar-refractivity contribution in [2.45, 2.75) is 64.5 Å². The Morgan fingerprint density at radius 1 is 1.27 bits per heavy atom. The number of guanidine groups is 1. The van der Waals surface area contributed by atoms with E-state index in [0.717, 1.165) is 54.5 Å². The Hall–Kier alpha value is -2.28. The molecular formula is C23H34N4O2S. The summed E-state index contributed by atoms with van der Waals surface area (Å²) in [6.45, 7) is 5.75. The summed E-state index contributed by atoms with van der Waals surface area (Å²) in [6.07, 6.45) is 5.86. The second kappa shape index (κ2) is 11.2. The number of thiazole rings is 1. The van der Waals surface area contributed by atoms with E-state index in [0.29, 0.717) is 12.5 Å². The van der Waals surface area contributed by atoms with Gasteiger partial charge < -0.3 is 20.1 Å². The van der Waals surface area contributed by atoms with Gasteiger partial charge in [0.15, 0.2) is 17.5 Å². The zero-order chi connectivity index (χ0) is 21.3. The standard InChI is InChI=1S/C23H34N4O2S/c1-16(2)22-27-18(15-30-22)12-13-25-23(24-3)26-14-17-8-7-11-20(28-4)21(17)29-19-9-5-6-10-19/h7-8,11,15-16,19H,5-6,9-10,12-14H2,1-4H3,(H2,24,25,26). The third-order valence-corrected chi connectivity index (χ3v) is 6.47. The number of benzene rings is 1. The molecule has 0 radical (unpaired) electrons. The molecule has 1 fully saturated rings.